The van der Waals surface area contributed by atoms with Crippen LogP contribution in [0, 0.1) is 5.92 Å². The van der Waals surface area contributed by atoms with Crippen LogP contribution < -0.4 is 5.32 Å². The van der Waals surface area contributed by atoms with Gasteiger partial charge in [0.25, 0.3) is 0 Å². The molecule has 0 saturated heterocycles. The first-order valence-corrected chi connectivity index (χ1v) is 3.65. The minimum atomic E-state index is -0.367. The molecule has 68 valence electrons. The number of Topliss-reactive ketones (excluding diaryl/α,β-unsaturated/α-hetero) is 1. The minimum Gasteiger partial charge on any atom is -0.308 e. The molecule has 1 N–H and O–H groups in total. The van der Waals surface area contributed by atoms with Gasteiger partial charge in [0.15, 0.2) is 5.78 Å². The molecule has 0 heterocycles. The topological polar surface area (TPSA) is 29.1 Å². The fraction of sp³-hybridized carbons (Fsp3) is 0.889. The van der Waals surface area contributed by atoms with Gasteiger partial charge in [0.1, 0.15) is 0 Å². The minimum absolute atomic E-state index is 0. The van der Waals surface area contributed by atoms with Gasteiger partial charge in [0.2, 0.25) is 0 Å². The predicted molar refractivity (Wildman–Crippen MR) is 49.7 cm³/mol. The Morgan fingerprint density at radius 3 is 1.82 bits per heavy atom. The Balaban J connectivity index is 0. The number of carbonyl (C=O) groups is 1. The standard InChI is InChI=1S/C8H17NO.CH4/c1-6(2)7(10)8(3,4)9-5;/h6,9H,1-5H3;1H4. The summed E-state index contributed by atoms with van der Waals surface area (Å²) in [6.45, 7) is 7.63. The van der Waals surface area contributed by atoms with Crippen LogP contribution in [-0.2, 0) is 4.79 Å². The molecule has 0 radical (unpaired) electrons. The summed E-state index contributed by atoms with van der Waals surface area (Å²) in [5.74, 6) is 0.373. The molecule has 0 spiro atoms. The molecule has 0 amide bonds. The molecule has 0 aromatic rings. The summed E-state index contributed by atoms with van der Waals surface area (Å²) in [7, 11) is 1.81. The molecule has 0 aromatic carbocycles. The Morgan fingerprint density at radius 2 is 1.73 bits per heavy atom. The van der Waals surface area contributed by atoms with E-state index in [1.54, 1.807) is 7.05 Å². The van der Waals surface area contributed by atoms with Crippen LogP contribution in [0.25, 0.3) is 0 Å². The molecule has 0 atom stereocenters. The van der Waals surface area contributed by atoms with Crippen molar-refractivity contribution in [3.63, 3.8) is 0 Å². The SMILES string of the molecule is C.CNC(C)(C)C(=O)C(C)C. The van der Waals surface area contributed by atoms with Crippen LogP contribution in [0.5, 0.6) is 0 Å². The molecule has 2 nitrogen and oxygen atoms in total. The summed E-state index contributed by atoms with van der Waals surface area (Å²) >= 11 is 0. The highest BCUT2D eigenvalue weighted by atomic mass is 16.1. The van der Waals surface area contributed by atoms with Crippen molar-refractivity contribution in [3.8, 4) is 0 Å². The Kier molecular flexibility index (Phi) is 5.41. The summed E-state index contributed by atoms with van der Waals surface area (Å²) < 4.78 is 0. The lowest BCUT2D eigenvalue weighted by Crippen LogP contribution is -2.46. The van der Waals surface area contributed by atoms with E-state index in [0.29, 0.717) is 0 Å². The van der Waals surface area contributed by atoms with E-state index in [0.717, 1.165) is 0 Å². The third-order valence-corrected chi connectivity index (χ3v) is 1.77. The number of carbonyl (C=O) groups excluding carboxylic acids is 1. The Bertz CT molecular complexity index is 128. The Hall–Kier alpha value is -0.370. The lowest BCUT2D eigenvalue weighted by molar-refractivity contribution is -0.127. The van der Waals surface area contributed by atoms with E-state index in [4.69, 9.17) is 0 Å². The zero-order valence-corrected chi connectivity index (χ0v) is 7.49. The third-order valence-electron chi connectivity index (χ3n) is 1.77. The van der Waals surface area contributed by atoms with Gasteiger partial charge in [-0.1, -0.05) is 21.3 Å². The molecule has 0 saturated carbocycles. The van der Waals surface area contributed by atoms with Crippen molar-refractivity contribution in [1.82, 2.24) is 5.32 Å². The average molecular weight is 159 g/mol. The maximum Gasteiger partial charge on any atom is 0.154 e. The third kappa shape index (κ3) is 3.51. The summed E-state index contributed by atoms with van der Waals surface area (Å²) in [6.07, 6.45) is 0. The van der Waals surface area contributed by atoms with Crippen LogP contribution in [0.15, 0.2) is 0 Å². The highest BCUT2D eigenvalue weighted by molar-refractivity contribution is 5.89. The van der Waals surface area contributed by atoms with Gasteiger partial charge in [0.05, 0.1) is 5.54 Å². The van der Waals surface area contributed by atoms with Crippen LogP contribution in [0.1, 0.15) is 35.1 Å². The maximum absolute atomic E-state index is 11.3. The fourth-order valence-corrected chi connectivity index (χ4v) is 0.845. The largest absolute Gasteiger partial charge is 0.308 e. The summed E-state index contributed by atoms with van der Waals surface area (Å²) in [4.78, 5) is 11.3. The molecule has 0 aromatic heterocycles. The van der Waals surface area contributed by atoms with Crippen LogP contribution in [-0.4, -0.2) is 18.4 Å². The summed E-state index contributed by atoms with van der Waals surface area (Å²) in [6, 6.07) is 0. The Labute approximate surface area is 70.4 Å². The van der Waals surface area contributed by atoms with E-state index in [1.165, 1.54) is 0 Å². The van der Waals surface area contributed by atoms with Crippen molar-refractivity contribution in [3.05, 3.63) is 0 Å². The second kappa shape index (κ2) is 4.50. The quantitative estimate of drug-likeness (QED) is 0.681. The molecule has 0 aliphatic rings. The number of rotatable bonds is 3. The normalized spacial score (nSPS) is 11.1. The van der Waals surface area contributed by atoms with Crippen molar-refractivity contribution < 1.29 is 4.79 Å². The zero-order chi connectivity index (χ0) is 8.36. The molecule has 0 rings (SSSR count). The van der Waals surface area contributed by atoms with Crippen molar-refractivity contribution >= 4 is 5.78 Å². The first-order valence-electron chi connectivity index (χ1n) is 3.65. The molecule has 0 bridgehead atoms. The van der Waals surface area contributed by atoms with Crippen molar-refractivity contribution in [2.24, 2.45) is 5.92 Å². The first kappa shape index (κ1) is 13.2. The van der Waals surface area contributed by atoms with E-state index in [2.05, 4.69) is 5.32 Å². The van der Waals surface area contributed by atoms with E-state index in [9.17, 15) is 4.79 Å². The second-order valence-corrected chi connectivity index (χ2v) is 3.39. The molecule has 0 aliphatic carbocycles. The molecule has 2 heteroatoms. The van der Waals surface area contributed by atoms with Crippen molar-refractivity contribution in [2.45, 2.75) is 40.7 Å². The second-order valence-electron chi connectivity index (χ2n) is 3.39. The van der Waals surface area contributed by atoms with Crippen LogP contribution in [0.4, 0.5) is 0 Å². The van der Waals surface area contributed by atoms with Crippen LogP contribution in [0.2, 0.25) is 0 Å². The van der Waals surface area contributed by atoms with E-state index < -0.39 is 0 Å². The van der Waals surface area contributed by atoms with Gasteiger partial charge in [-0.15, -0.1) is 0 Å². The molecular weight excluding hydrogens is 138 g/mol. The summed E-state index contributed by atoms with van der Waals surface area (Å²) in [5.41, 5.74) is -0.367. The first-order chi connectivity index (χ1) is 4.41. The lowest BCUT2D eigenvalue weighted by atomic mass is 9.91. The molecule has 0 fully saturated rings. The number of likely N-dealkylation sites (N-methyl/N-ethyl adjacent to an activating group) is 1. The van der Waals surface area contributed by atoms with E-state index >= 15 is 0 Å². The van der Waals surface area contributed by atoms with Crippen molar-refractivity contribution in [1.29, 1.82) is 0 Å². The highest BCUT2D eigenvalue weighted by Gasteiger charge is 2.26. The predicted octanol–water partition coefficient (Wildman–Crippen LogP) is 1.85. The van der Waals surface area contributed by atoms with Gasteiger partial charge in [-0.05, 0) is 20.9 Å². The van der Waals surface area contributed by atoms with Crippen LogP contribution >= 0.6 is 0 Å². The van der Waals surface area contributed by atoms with E-state index in [1.807, 2.05) is 27.7 Å². The smallest absolute Gasteiger partial charge is 0.154 e. The number of ketones is 1. The summed E-state index contributed by atoms with van der Waals surface area (Å²) in [5, 5.41) is 2.97. The Morgan fingerprint density at radius 1 is 1.36 bits per heavy atom. The monoisotopic (exact) mass is 159 g/mol. The van der Waals surface area contributed by atoms with Gasteiger partial charge in [0, 0.05) is 5.92 Å². The number of nitrogens with one attached hydrogen (secondary N) is 1. The molecule has 0 unspecified atom stereocenters. The van der Waals surface area contributed by atoms with Gasteiger partial charge in [-0.25, -0.2) is 0 Å². The number of hydrogen-bond donors (Lipinski definition) is 1. The molecule has 0 aliphatic heterocycles. The van der Waals surface area contributed by atoms with Crippen LogP contribution in [0.3, 0.4) is 0 Å². The molecule has 11 heavy (non-hydrogen) atoms. The van der Waals surface area contributed by atoms with Gasteiger partial charge >= 0.3 is 0 Å². The van der Waals surface area contributed by atoms with Gasteiger partial charge < -0.3 is 5.32 Å². The molecular formula is C9H21NO. The lowest BCUT2D eigenvalue weighted by Gasteiger charge is -2.24. The van der Waals surface area contributed by atoms with E-state index in [-0.39, 0.29) is 24.7 Å². The van der Waals surface area contributed by atoms with Gasteiger partial charge in [-0.3, -0.25) is 4.79 Å². The zero-order valence-electron chi connectivity index (χ0n) is 7.49. The maximum atomic E-state index is 11.3. The van der Waals surface area contributed by atoms with Gasteiger partial charge in [-0.2, -0.15) is 0 Å². The fourth-order valence-electron chi connectivity index (χ4n) is 0.845. The highest BCUT2D eigenvalue weighted by Crippen LogP contribution is 2.09. The van der Waals surface area contributed by atoms with Crippen molar-refractivity contribution in [2.75, 3.05) is 7.05 Å². The average Bonchev–Trinajstić information content (AvgIpc) is 1.86. The number of hydrogen-bond acceptors (Lipinski definition) is 2.